The Labute approximate surface area is 160 Å². The molecule has 3 aromatic rings. The number of aromatic amines is 1. The van der Waals surface area contributed by atoms with Crippen LogP contribution in [0.2, 0.25) is 0 Å². The number of hydrogen-bond donors (Lipinski definition) is 3. The molecular weight excluding hydrogens is 358 g/mol. The summed E-state index contributed by atoms with van der Waals surface area (Å²) in [6.45, 7) is 3.43. The second-order valence-electron chi connectivity index (χ2n) is 7.03. The van der Waals surface area contributed by atoms with Crippen LogP contribution in [0, 0.1) is 5.92 Å². The third-order valence-electron chi connectivity index (χ3n) is 4.81. The van der Waals surface area contributed by atoms with E-state index in [1.165, 1.54) is 17.0 Å². The van der Waals surface area contributed by atoms with Gasteiger partial charge in [0.05, 0.1) is 22.6 Å². The maximum absolute atomic E-state index is 12.9. The number of nitrogens with one attached hydrogen (secondary N) is 1. The third kappa shape index (κ3) is 2.72. The Morgan fingerprint density at radius 1 is 1.11 bits per heavy atom. The summed E-state index contributed by atoms with van der Waals surface area (Å²) in [5.74, 6) is -1.68. The van der Waals surface area contributed by atoms with Gasteiger partial charge < -0.3 is 15.2 Å². The fraction of sp³-hybridized carbons (Fsp3) is 0.190. The molecule has 4 rings (SSSR count). The van der Waals surface area contributed by atoms with Crippen LogP contribution in [0.4, 0.5) is 5.95 Å². The Morgan fingerprint density at radius 3 is 2.43 bits per heavy atom. The molecule has 1 aliphatic heterocycles. The van der Waals surface area contributed by atoms with Crippen LogP contribution in [-0.4, -0.2) is 31.9 Å². The lowest BCUT2D eigenvalue weighted by Gasteiger charge is -2.25. The summed E-state index contributed by atoms with van der Waals surface area (Å²) in [6, 6.07) is 12.7. The maximum atomic E-state index is 12.9. The number of imidazole rings is 1. The highest BCUT2D eigenvalue weighted by Crippen LogP contribution is 2.41. The molecule has 0 saturated heterocycles. The molecule has 28 heavy (non-hydrogen) atoms. The molecule has 0 bridgehead atoms. The predicted octanol–water partition coefficient (Wildman–Crippen LogP) is 3.39. The van der Waals surface area contributed by atoms with E-state index in [1.807, 2.05) is 18.2 Å². The number of para-hydroxylation sites is 2. The van der Waals surface area contributed by atoms with Gasteiger partial charge in [-0.05, 0) is 29.8 Å². The van der Waals surface area contributed by atoms with Gasteiger partial charge in [0.25, 0.3) is 5.91 Å². The smallest absolute Gasteiger partial charge is 0.296 e. The Balaban J connectivity index is 1.90. The summed E-state index contributed by atoms with van der Waals surface area (Å²) in [4.78, 5) is 34.6. The van der Waals surface area contributed by atoms with E-state index < -0.39 is 23.6 Å². The highest BCUT2D eigenvalue weighted by Gasteiger charge is 2.46. The number of aromatic hydroxyl groups is 1. The normalized spacial score (nSPS) is 17.2. The minimum absolute atomic E-state index is 0.0335. The van der Waals surface area contributed by atoms with Crippen LogP contribution in [0.15, 0.2) is 59.9 Å². The number of aromatic nitrogens is 2. The second kappa shape index (κ2) is 6.53. The standard InChI is InChI=1S/C21H19N3O4/c1-11(2)18(26)16-17(12-7-9-13(25)10-8-12)24(20(28)19(16)27)21-22-14-5-3-4-6-15(14)23-21/h3-11,17,25,27H,1-2H3,(H,22,23). The molecule has 0 spiro atoms. The Bertz CT molecular complexity index is 1080. The largest absolute Gasteiger partial charge is 0.508 e. The number of fused-ring (bicyclic) bond motifs is 1. The topological polar surface area (TPSA) is 107 Å². The Morgan fingerprint density at radius 2 is 1.79 bits per heavy atom. The van der Waals surface area contributed by atoms with Crippen LogP contribution in [-0.2, 0) is 9.59 Å². The molecule has 1 aliphatic rings. The van der Waals surface area contributed by atoms with Crippen molar-refractivity contribution < 1.29 is 19.8 Å². The van der Waals surface area contributed by atoms with Gasteiger partial charge in [0.1, 0.15) is 5.75 Å². The number of amides is 1. The quantitative estimate of drug-likeness (QED) is 0.646. The Hall–Kier alpha value is -3.61. The fourth-order valence-electron chi connectivity index (χ4n) is 3.41. The number of nitrogens with zero attached hydrogens (tertiary/aromatic N) is 2. The number of H-pyrrole nitrogens is 1. The van der Waals surface area contributed by atoms with Crippen LogP contribution in [0.5, 0.6) is 5.75 Å². The number of phenols is 1. The molecule has 0 radical (unpaired) electrons. The third-order valence-corrected chi connectivity index (χ3v) is 4.81. The van der Waals surface area contributed by atoms with Gasteiger partial charge in [-0.3, -0.25) is 14.5 Å². The average Bonchev–Trinajstić information content (AvgIpc) is 3.21. The number of rotatable bonds is 4. The van der Waals surface area contributed by atoms with Gasteiger partial charge in [0, 0.05) is 5.92 Å². The zero-order valence-electron chi connectivity index (χ0n) is 15.4. The summed E-state index contributed by atoms with van der Waals surface area (Å²) >= 11 is 0. The number of hydrogen-bond acceptors (Lipinski definition) is 5. The van der Waals surface area contributed by atoms with Gasteiger partial charge in [-0.15, -0.1) is 0 Å². The molecule has 1 atom stereocenters. The molecular formula is C21H19N3O4. The van der Waals surface area contributed by atoms with Crippen molar-refractivity contribution in [2.45, 2.75) is 19.9 Å². The SMILES string of the molecule is CC(C)C(=O)C1=C(O)C(=O)N(c2nc3ccccc3[nH]2)C1c1ccc(O)cc1. The van der Waals surface area contributed by atoms with Crippen LogP contribution in [0.3, 0.4) is 0 Å². The summed E-state index contributed by atoms with van der Waals surface area (Å²) < 4.78 is 0. The van der Waals surface area contributed by atoms with Crippen molar-refractivity contribution in [2.75, 3.05) is 4.90 Å². The average molecular weight is 377 g/mol. The number of Topliss-reactive ketones (excluding diaryl/α,β-unsaturated/α-hetero) is 1. The number of anilines is 1. The van der Waals surface area contributed by atoms with E-state index >= 15 is 0 Å². The summed E-state index contributed by atoms with van der Waals surface area (Å²) in [6.07, 6.45) is 0. The first kappa shape index (κ1) is 17.8. The Kier molecular flexibility index (Phi) is 4.15. The molecule has 2 aromatic carbocycles. The molecule has 1 unspecified atom stereocenters. The zero-order chi connectivity index (χ0) is 20.0. The number of carbonyl (C=O) groups excluding carboxylic acids is 2. The number of benzene rings is 2. The summed E-state index contributed by atoms with van der Waals surface area (Å²) in [7, 11) is 0. The molecule has 3 N–H and O–H groups in total. The van der Waals surface area contributed by atoms with Crippen LogP contribution in [0.1, 0.15) is 25.5 Å². The molecule has 7 heteroatoms. The van der Waals surface area contributed by atoms with E-state index in [-0.39, 0.29) is 23.1 Å². The molecule has 0 saturated carbocycles. The van der Waals surface area contributed by atoms with Gasteiger partial charge in [-0.25, -0.2) is 4.98 Å². The number of aliphatic hydroxyl groups excluding tert-OH is 1. The summed E-state index contributed by atoms with van der Waals surface area (Å²) in [5.41, 5.74) is 2.02. The number of phenolic OH excluding ortho intramolecular Hbond substituents is 1. The minimum Gasteiger partial charge on any atom is -0.508 e. The van der Waals surface area contributed by atoms with E-state index in [1.54, 1.807) is 32.0 Å². The minimum atomic E-state index is -0.844. The molecule has 2 heterocycles. The number of ketones is 1. The van der Waals surface area contributed by atoms with Gasteiger partial charge >= 0.3 is 0 Å². The molecule has 7 nitrogen and oxygen atoms in total. The van der Waals surface area contributed by atoms with Crippen molar-refractivity contribution in [1.82, 2.24) is 9.97 Å². The van der Waals surface area contributed by atoms with Gasteiger partial charge in [0.15, 0.2) is 11.5 Å². The molecule has 1 aromatic heterocycles. The van der Waals surface area contributed by atoms with E-state index in [0.717, 1.165) is 5.52 Å². The maximum Gasteiger partial charge on any atom is 0.296 e. The van der Waals surface area contributed by atoms with E-state index in [9.17, 15) is 19.8 Å². The first-order valence-corrected chi connectivity index (χ1v) is 8.93. The number of carbonyl (C=O) groups is 2. The first-order valence-electron chi connectivity index (χ1n) is 8.93. The van der Waals surface area contributed by atoms with Crippen molar-refractivity contribution in [3.63, 3.8) is 0 Å². The second-order valence-corrected chi connectivity index (χ2v) is 7.03. The van der Waals surface area contributed by atoms with Gasteiger partial charge in [-0.1, -0.05) is 38.1 Å². The van der Waals surface area contributed by atoms with Crippen molar-refractivity contribution in [3.8, 4) is 5.75 Å². The zero-order valence-corrected chi connectivity index (χ0v) is 15.4. The van der Waals surface area contributed by atoms with Crippen molar-refractivity contribution in [3.05, 3.63) is 65.4 Å². The van der Waals surface area contributed by atoms with Crippen molar-refractivity contribution >= 4 is 28.7 Å². The van der Waals surface area contributed by atoms with Crippen molar-refractivity contribution in [1.29, 1.82) is 0 Å². The highest BCUT2D eigenvalue weighted by atomic mass is 16.3. The van der Waals surface area contributed by atoms with Gasteiger partial charge in [0.2, 0.25) is 5.95 Å². The molecule has 1 amide bonds. The predicted molar refractivity (Wildman–Crippen MR) is 104 cm³/mol. The number of aliphatic hydroxyl groups is 1. The first-order chi connectivity index (χ1) is 13.4. The molecule has 0 fully saturated rings. The van der Waals surface area contributed by atoms with E-state index in [2.05, 4.69) is 9.97 Å². The van der Waals surface area contributed by atoms with Crippen LogP contribution < -0.4 is 4.90 Å². The van der Waals surface area contributed by atoms with Crippen LogP contribution >= 0.6 is 0 Å². The molecule has 142 valence electrons. The highest BCUT2D eigenvalue weighted by molar-refractivity contribution is 6.16. The monoisotopic (exact) mass is 377 g/mol. The van der Waals surface area contributed by atoms with Gasteiger partial charge in [-0.2, -0.15) is 0 Å². The lowest BCUT2D eigenvalue weighted by molar-refractivity contribution is -0.119. The van der Waals surface area contributed by atoms with Crippen molar-refractivity contribution in [2.24, 2.45) is 5.92 Å². The fourth-order valence-corrected chi connectivity index (χ4v) is 3.41. The van der Waals surface area contributed by atoms with Crippen LogP contribution in [0.25, 0.3) is 11.0 Å². The lowest BCUT2D eigenvalue weighted by atomic mass is 9.91. The molecule has 0 aliphatic carbocycles. The van der Waals surface area contributed by atoms with E-state index in [0.29, 0.717) is 11.1 Å². The summed E-state index contributed by atoms with van der Waals surface area (Å²) in [5, 5.41) is 20.2. The van der Waals surface area contributed by atoms with E-state index in [4.69, 9.17) is 0 Å². The lowest BCUT2D eigenvalue weighted by Crippen LogP contribution is -2.32.